The fourth-order valence-corrected chi connectivity index (χ4v) is 1.27. The van der Waals surface area contributed by atoms with E-state index in [9.17, 15) is 19.2 Å². The van der Waals surface area contributed by atoms with Gasteiger partial charge in [-0.15, -0.1) is 0 Å². The summed E-state index contributed by atoms with van der Waals surface area (Å²) in [7, 11) is 5.56. The van der Waals surface area contributed by atoms with Gasteiger partial charge in [-0.2, -0.15) is 0 Å². The van der Waals surface area contributed by atoms with Crippen LogP contribution in [-0.4, -0.2) is 84.1 Å². The van der Waals surface area contributed by atoms with Gasteiger partial charge in [0.1, 0.15) is 6.04 Å². The molecule has 21 heavy (non-hydrogen) atoms. The third kappa shape index (κ3) is 4.93. The fourth-order valence-electron chi connectivity index (χ4n) is 1.27. The van der Waals surface area contributed by atoms with E-state index in [1.54, 1.807) is 0 Å². The predicted molar refractivity (Wildman–Crippen MR) is 72.7 cm³/mol. The van der Waals surface area contributed by atoms with Gasteiger partial charge in [-0.05, 0) is 13.8 Å². The van der Waals surface area contributed by atoms with Crippen molar-refractivity contribution in [3.8, 4) is 0 Å². The van der Waals surface area contributed by atoms with Crippen LogP contribution in [0.3, 0.4) is 0 Å². The molecular weight excluding hydrogens is 282 g/mol. The molecule has 0 fully saturated rings. The van der Waals surface area contributed by atoms with Crippen LogP contribution in [-0.2, 0) is 14.3 Å². The molecule has 0 aromatic carbocycles. The molecule has 9 heteroatoms. The number of ether oxygens (including phenoxy) is 1. The summed E-state index contributed by atoms with van der Waals surface area (Å²) < 4.78 is 4.69. The highest BCUT2D eigenvalue weighted by Crippen LogP contribution is 2.06. The van der Waals surface area contributed by atoms with Crippen LogP contribution in [0.15, 0.2) is 0 Å². The van der Waals surface area contributed by atoms with E-state index >= 15 is 0 Å². The van der Waals surface area contributed by atoms with E-state index in [1.807, 2.05) is 0 Å². The zero-order valence-corrected chi connectivity index (χ0v) is 13.0. The van der Waals surface area contributed by atoms with Crippen LogP contribution in [0.5, 0.6) is 0 Å². The van der Waals surface area contributed by atoms with Crippen LogP contribution in [0.4, 0.5) is 9.59 Å². The van der Waals surface area contributed by atoms with E-state index < -0.39 is 36.1 Å². The van der Waals surface area contributed by atoms with Crippen molar-refractivity contribution in [3.63, 3.8) is 0 Å². The molecular formula is C12H21N3O6. The minimum atomic E-state index is -1.32. The van der Waals surface area contributed by atoms with Crippen molar-refractivity contribution in [3.05, 3.63) is 0 Å². The zero-order chi connectivity index (χ0) is 16.9. The van der Waals surface area contributed by atoms with Crippen LogP contribution in [0.1, 0.15) is 13.8 Å². The molecule has 2 atom stereocenters. The van der Waals surface area contributed by atoms with E-state index in [1.165, 1.54) is 46.9 Å². The first kappa shape index (κ1) is 18.7. The van der Waals surface area contributed by atoms with Gasteiger partial charge < -0.3 is 19.6 Å². The molecule has 120 valence electrons. The summed E-state index contributed by atoms with van der Waals surface area (Å²) in [5.41, 5.74) is 0. The Labute approximate surface area is 123 Å². The van der Waals surface area contributed by atoms with Crippen LogP contribution >= 0.6 is 0 Å². The minimum Gasteiger partial charge on any atom is -0.479 e. The second kappa shape index (κ2) is 7.46. The molecule has 0 bridgehead atoms. The smallest absolute Gasteiger partial charge is 0.344 e. The Bertz CT molecular complexity index is 437. The zero-order valence-electron chi connectivity index (χ0n) is 13.0. The van der Waals surface area contributed by atoms with Gasteiger partial charge in [-0.1, -0.05) is 0 Å². The number of nitrogens with zero attached hydrogens (tertiary/aromatic N) is 3. The maximum atomic E-state index is 12.0. The largest absolute Gasteiger partial charge is 0.479 e. The summed E-state index contributed by atoms with van der Waals surface area (Å²) in [5.74, 6) is -2.16. The number of aliphatic carboxylic acids is 1. The van der Waals surface area contributed by atoms with Crippen LogP contribution in [0.2, 0.25) is 0 Å². The molecule has 1 N–H and O–H groups in total. The molecule has 0 radical (unpaired) electrons. The van der Waals surface area contributed by atoms with Crippen molar-refractivity contribution in [1.82, 2.24) is 14.7 Å². The van der Waals surface area contributed by atoms with Crippen molar-refractivity contribution >= 4 is 24.0 Å². The average molecular weight is 303 g/mol. The first-order chi connectivity index (χ1) is 9.50. The number of carbonyl (C=O) groups excluding carboxylic acids is 3. The van der Waals surface area contributed by atoms with Crippen molar-refractivity contribution in [2.75, 3.05) is 28.2 Å². The lowest BCUT2D eigenvalue weighted by Crippen LogP contribution is -2.51. The predicted octanol–water partition coefficient (Wildman–Crippen LogP) is 0.0564. The molecule has 9 nitrogen and oxygen atoms in total. The number of carboxylic acids is 1. The number of imide groups is 1. The summed E-state index contributed by atoms with van der Waals surface area (Å²) in [4.78, 5) is 49.1. The number of carbonyl (C=O) groups is 4. The minimum absolute atomic E-state index is 0.550. The Morgan fingerprint density at radius 2 is 1.43 bits per heavy atom. The van der Waals surface area contributed by atoms with E-state index in [4.69, 9.17) is 5.11 Å². The molecule has 0 aliphatic carbocycles. The van der Waals surface area contributed by atoms with E-state index in [0.717, 1.165) is 9.80 Å². The van der Waals surface area contributed by atoms with Gasteiger partial charge in [0, 0.05) is 28.2 Å². The normalized spacial score (nSPS) is 12.9. The van der Waals surface area contributed by atoms with Crippen LogP contribution in [0.25, 0.3) is 0 Å². The summed E-state index contributed by atoms with van der Waals surface area (Å²) in [6.45, 7) is 2.58. The first-order valence-electron chi connectivity index (χ1n) is 6.15. The molecule has 0 aliphatic rings. The van der Waals surface area contributed by atoms with E-state index in [0.29, 0.717) is 0 Å². The molecule has 0 aromatic heterocycles. The number of carboxylic acid groups (broad SMARTS) is 1. The van der Waals surface area contributed by atoms with E-state index in [2.05, 4.69) is 4.74 Å². The fraction of sp³-hybridized carbons (Fsp3) is 0.667. The highest BCUT2D eigenvalue weighted by molar-refractivity contribution is 5.94. The third-order valence-corrected chi connectivity index (χ3v) is 2.82. The Morgan fingerprint density at radius 1 is 0.952 bits per heavy atom. The lowest BCUT2D eigenvalue weighted by Gasteiger charge is -2.29. The topological polar surface area (TPSA) is 107 Å². The number of urea groups is 2. The Kier molecular flexibility index (Phi) is 6.64. The summed E-state index contributed by atoms with van der Waals surface area (Å²) in [5, 5.41) is 8.67. The number of hydrogen-bond acceptors (Lipinski definition) is 5. The van der Waals surface area contributed by atoms with Crippen molar-refractivity contribution in [2.45, 2.75) is 26.0 Å². The Hall–Kier alpha value is -2.32. The lowest BCUT2D eigenvalue weighted by atomic mass is 10.3. The molecule has 0 rings (SSSR count). The van der Waals surface area contributed by atoms with E-state index in [-0.39, 0.29) is 0 Å². The number of amides is 4. The first-order valence-corrected chi connectivity index (χ1v) is 6.15. The quantitative estimate of drug-likeness (QED) is 0.736. The van der Waals surface area contributed by atoms with Crippen molar-refractivity contribution in [2.24, 2.45) is 0 Å². The van der Waals surface area contributed by atoms with Gasteiger partial charge in [0.05, 0.1) is 0 Å². The monoisotopic (exact) mass is 303 g/mol. The van der Waals surface area contributed by atoms with Crippen LogP contribution in [0, 0.1) is 0 Å². The molecule has 0 aromatic rings. The Morgan fingerprint density at radius 3 is 1.81 bits per heavy atom. The second-order valence-corrected chi connectivity index (χ2v) is 4.72. The lowest BCUT2D eigenvalue weighted by molar-refractivity contribution is -0.165. The molecule has 0 aliphatic heterocycles. The molecule has 4 amide bonds. The summed E-state index contributed by atoms with van der Waals surface area (Å²) in [6, 6.07) is -2.29. The SMILES string of the molecule is CC(OC(=O)C(C)N(C)C(=O)N(C)C(=O)N(C)C)C(=O)O. The summed E-state index contributed by atoms with van der Waals surface area (Å²) >= 11 is 0. The number of esters is 1. The average Bonchev–Trinajstić information content (AvgIpc) is 2.42. The van der Waals surface area contributed by atoms with Gasteiger partial charge in [0.2, 0.25) is 0 Å². The van der Waals surface area contributed by atoms with Crippen molar-refractivity contribution in [1.29, 1.82) is 0 Å². The molecule has 0 saturated carbocycles. The maximum absolute atomic E-state index is 12.0. The Balaban J connectivity index is 4.80. The molecule has 0 saturated heterocycles. The number of rotatable bonds is 4. The van der Waals surface area contributed by atoms with Crippen molar-refractivity contribution < 1.29 is 29.0 Å². The van der Waals surface area contributed by atoms with Gasteiger partial charge >= 0.3 is 24.0 Å². The number of likely N-dealkylation sites (N-methyl/N-ethyl adjacent to an activating group) is 1. The van der Waals surface area contributed by atoms with Gasteiger partial charge in [0.15, 0.2) is 6.10 Å². The van der Waals surface area contributed by atoms with Gasteiger partial charge in [-0.25, -0.2) is 24.1 Å². The van der Waals surface area contributed by atoms with Gasteiger partial charge in [-0.3, -0.25) is 0 Å². The summed E-state index contributed by atoms with van der Waals surface area (Å²) in [6.07, 6.45) is -1.32. The highest BCUT2D eigenvalue weighted by atomic mass is 16.6. The van der Waals surface area contributed by atoms with Gasteiger partial charge in [0.25, 0.3) is 0 Å². The number of hydrogen-bond donors (Lipinski definition) is 1. The highest BCUT2D eigenvalue weighted by Gasteiger charge is 2.30. The maximum Gasteiger partial charge on any atom is 0.344 e. The second-order valence-electron chi connectivity index (χ2n) is 4.72. The molecule has 0 heterocycles. The molecule has 0 spiro atoms. The standard InChI is InChI=1S/C12H21N3O6/c1-7(10(18)21-8(2)9(16)17)14(5)12(20)15(6)11(19)13(3)4/h7-8H,1-6H3,(H,16,17). The molecule has 2 unspecified atom stereocenters. The van der Waals surface area contributed by atoms with Crippen LogP contribution < -0.4 is 0 Å². The third-order valence-electron chi connectivity index (χ3n) is 2.82.